The molecule has 0 aliphatic carbocycles. The largest absolute Gasteiger partial charge is 0.491 e. The Hall–Kier alpha value is -2.54. The number of carbonyl (C=O) groups is 1. The summed E-state index contributed by atoms with van der Waals surface area (Å²) in [6.07, 6.45) is 4.43. The van der Waals surface area contributed by atoms with E-state index in [2.05, 4.69) is 25.9 Å². The molecule has 2 aliphatic heterocycles. The molecule has 4 rings (SSSR count). The molecule has 7 heteroatoms. The van der Waals surface area contributed by atoms with Gasteiger partial charge in [0.25, 0.3) is 5.91 Å². The van der Waals surface area contributed by atoms with E-state index in [1.165, 1.54) is 0 Å². The minimum Gasteiger partial charge on any atom is -0.491 e. The van der Waals surface area contributed by atoms with E-state index in [1.54, 1.807) is 0 Å². The van der Waals surface area contributed by atoms with Crippen LogP contribution in [-0.4, -0.2) is 51.5 Å². The second kappa shape index (κ2) is 9.37. The van der Waals surface area contributed by atoms with Crippen LogP contribution >= 0.6 is 0 Å². The number of benzene rings is 1. The number of hydrogen-bond donors (Lipinski definition) is 0. The molecular weight excluding hydrogens is 418 g/mol. The summed E-state index contributed by atoms with van der Waals surface area (Å²) in [7, 11) is 0. The predicted octanol–water partition coefficient (Wildman–Crippen LogP) is 4.92. The van der Waals surface area contributed by atoms with Gasteiger partial charge < -0.3 is 19.1 Å². The summed E-state index contributed by atoms with van der Waals surface area (Å²) in [5.41, 5.74) is 2.26. The number of aromatic nitrogens is 2. The third-order valence-electron chi connectivity index (χ3n) is 6.45. The van der Waals surface area contributed by atoms with Gasteiger partial charge in [-0.1, -0.05) is 0 Å². The fourth-order valence-electron chi connectivity index (χ4n) is 4.81. The van der Waals surface area contributed by atoms with Gasteiger partial charge in [0.05, 0.1) is 18.4 Å². The maximum atomic E-state index is 13.2. The Bertz CT molecular complexity index is 989. The number of fused-ring (bicyclic) bond motifs is 1. The van der Waals surface area contributed by atoms with Gasteiger partial charge in [0.1, 0.15) is 23.1 Å². The van der Waals surface area contributed by atoms with Gasteiger partial charge in [-0.25, -0.2) is 0 Å². The summed E-state index contributed by atoms with van der Waals surface area (Å²) < 4.78 is 20.5. The molecule has 0 bridgehead atoms. The summed E-state index contributed by atoms with van der Waals surface area (Å²) in [5.74, 6) is 1.72. The van der Waals surface area contributed by atoms with E-state index in [0.717, 1.165) is 48.6 Å². The molecule has 1 atom stereocenters. The number of nitrogens with zero attached hydrogens (tertiary/aromatic N) is 3. The van der Waals surface area contributed by atoms with Crippen molar-refractivity contribution in [2.75, 3.05) is 13.1 Å². The summed E-state index contributed by atoms with van der Waals surface area (Å²) in [6.45, 7) is 14.3. The van der Waals surface area contributed by atoms with Gasteiger partial charge in [0.2, 0.25) is 0 Å². The van der Waals surface area contributed by atoms with Crippen LogP contribution < -0.4 is 9.47 Å². The van der Waals surface area contributed by atoms with Gasteiger partial charge in [-0.05, 0) is 65.3 Å². The van der Waals surface area contributed by atoms with E-state index in [-0.39, 0.29) is 29.8 Å². The van der Waals surface area contributed by atoms with Gasteiger partial charge in [-0.3, -0.25) is 9.48 Å². The molecular formula is C26H37N3O4. The third kappa shape index (κ3) is 5.03. The number of amides is 1. The van der Waals surface area contributed by atoms with Gasteiger partial charge in [0.15, 0.2) is 5.75 Å². The maximum Gasteiger partial charge on any atom is 0.253 e. The SMILES string of the molecule is CCn1cc2c(n1)C(OC(C)C)CC1(CCN(C(=O)c3ccc(OC(C)C)c(C)c3)CC1)O2. The molecule has 1 aromatic heterocycles. The second-order valence-electron chi connectivity index (χ2n) is 9.84. The Morgan fingerprint density at radius 1 is 1.21 bits per heavy atom. The van der Waals surface area contributed by atoms with Crippen LogP contribution in [-0.2, 0) is 11.3 Å². The van der Waals surface area contributed by atoms with Gasteiger partial charge >= 0.3 is 0 Å². The summed E-state index contributed by atoms with van der Waals surface area (Å²) in [5, 5.41) is 4.69. The van der Waals surface area contributed by atoms with E-state index in [1.807, 2.05) is 54.7 Å². The number of likely N-dealkylation sites (tertiary alicyclic amines) is 1. The van der Waals surface area contributed by atoms with Crippen molar-refractivity contribution in [3.63, 3.8) is 0 Å². The minimum atomic E-state index is -0.324. The quantitative estimate of drug-likeness (QED) is 0.618. The third-order valence-corrected chi connectivity index (χ3v) is 6.45. The lowest BCUT2D eigenvalue weighted by Gasteiger charge is -2.45. The van der Waals surface area contributed by atoms with Gasteiger partial charge in [-0.15, -0.1) is 0 Å². The first kappa shape index (κ1) is 23.6. The molecule has 33 heavy (non-hydrogen) atoms. The number of aryl methyl sites for hydroxylation is 2. The Labute approximate surface area is 197 Å². The molecule has 0 N–H and O–H groups in total. The molecule has 180 valence electrons. The van der Waals surface area contributed by atoms with E-state index < -0.39 is 0 Å². The molecule has 3 heterocycles. The zero-order valence-corrected chi connectivity index (χ0v) is 20.8. The van der Waals surface area contributed by atoms with Crippen molar-refractivity contribution >= 4 is 5.91 Å². The maximum absolute atomic E-state index is 13.2. The van der Waals surface area contributed by atoms with Crippen LogP contribution in [0.4, 0.5) is 0 Å². The van der Waals surface area contributed by atoms with Crippen LogP contribution in [0.3, 0.4) is 0 Å². The zero-order chi connectivity index (χ0) is 23.8. The molecule has 1 spiro atoms. The lowest BCUT2D eigenvalue weighted by Crippen LogP contribution is -2.52. The van der Waals surface area contributed by atoms with Crippen LogP contribution in [0.2, 0.25) is 0 Å². The van der Waals surface area contributed by atoms with Crippen LogP contribution in [0.25, 0.3) is 0 Å². The summed E-state index contributed by atoms with van der Waals surface area (Å²) in [6, 6.07) is 5.70. The molecule has 2 aliphatic rings. The highest BCUT2D eigenvalue weighted by Gasteiger charge is 2.46. The lowest BCUT2D eigenvalue weighted by molar-refractivity contribution is -0.0885. The molecule has 2 aromatic rings. The molecule has 1 unspecified atom stereocenters. The van der Waals surface area contributed by atoms with Crippen LogP contribution in [0.5, 0.6) is 11.5 Å². The first-order valence-electron chi connectivity index (χ1n) is 12.2. The van der Waals surface area contributed by atoms with Crippen LogP contribution in [0.1, 0.15) is 81.6 Å². The molecule has 1 amide bonds. The Morgan fingerprint density at radius 2 is 1.94 bits per heavy atom. The minimum absolute atomic E-state index is 0.0642. The smallest absolute Gasteiger partial charge is 0.253 e. The Kier molecular flexibility index (Phi) is 6.71. The highest BCUT2D eigenvalue weighted by Crippen LogP contribution is 2.45. The predicted molar refractivity (Wildman–Crippen MR) is 127 cm³/mol. The molecule has 0 saturated carbocycles. The summed E-state index contributed by atoms with van der Waals surface area (Å²) in [4.78, 5) is 15.2. The van der Waals surface area contributed by atoms with Crippen molar-refractivity contribution in [1.29, 1.82) is 0 Å². The van der Waals surface area contributed by atoms with E-state index in [9.17, 15) is 4.79 Å². The second-order valence-corrected chi connectivity index (χ2v) is 9.84. The van der Waals surface area contributed by atoms with Crippen molar-refractivity contribution in [1.82, 2.24) is 14.7 Å². The average Bonchev–Trinajstić information content (AvgIpc) is 3.18. The number of rotatable bonds is 6. The van der Waals surface area contributed by atoms with E-state index >= 15 is 0 Å². The van der Waals surface area contributed by atoms with Gasteiger partial charge in [-0.2, -0.15) is 5.10 Å². The van der Waals surface area contributed by atoms with Crippen molar-refractivity contribution in [2.24, 2.45) is 0 Å². The van der Waals surface area contributed by atoms with E-state index in [4.69, 9.17) is 14.2 Å². The number of ether oxygens (including phenoxy) is 3. The molecule has 0 radical (unpaired) electrons. The fraction of sp³-hybridized carbons (Fsp3) is 0.615. The number of piperidine rings is 1. The van der Waals surface area contributed by atoms with Crippen molar-refractivity contribution in [3.05, 3.63) is 41.2 Å². The average molecular weight is 456 g/mol. The van der Waals surface area contributed by atoms with Crippen LogP contribution in [0.15, 0.2) is 24.4 Å². The topological polar surface area (TPSA) is 65.8 Å². The molecule has 1 saturated heterocycles. The van der Waals surface area contributed by atoms with Crippen molar-refractivity contribution in [2.45, 2.75) is 91.3 Å². The zero-order valence-electron chi connectivity index (χ0n) is 20.8. The Morgan fingerprint density at radius 3 is 2.55 bits per heavy atom. The molecule has 1 fully saturated rings. The summed E-state index contributed by atoms with van der Waals surface area (Å²) >= 11 is 0. The van der Waals surface area contributed by atoms with Crippen LogP contribution in [0, 0.1) is 6.92 Å². The highest BCUT2D eigenvalue weighted by molar-refractivity contribution is 5.94. The van der Waals surface area contributed by atoms with E-state index in [0.29, 0.717) is 18.7 Å². The molecule has 1 aromatic carbocycles. The van der Waals surface area contributed by atoms with Crippen molar-refractivity contribution in [3.8, 4) is 11.5 Å². The lowest BCUT2D eigenvalue weighted by atomic mass is 9.83. The number of carbonyl (C=O) groups excluding carboxylic acids is 1. The monoisotopic (exact) mass is 455 g/mol. The fourth-order valence-corrected chi connectivity index (χ4v) is 4.81. The van der Waals surface area contributed by atoms with Crippen molar-refractivity contribution < 1.29 is 19.0 Å². The van der Waals surface area contributed by atoms with Gasteiger partial charge in [0, 0.05) is 44.5 Å². The normalized spacial score (nSPS) is 19.6. The first-order valence-corrected chi connectivity index (χ1v) is 12.2. The number of hydrogen-bond acceptors (Lipinski definition) is 5. The Balaban J connectivity index is 1.46. The highest BCUT2D eigenvalue weighted by atomic mass is 16.5. The standard InChI is InChI=1S/C26H37N3O4/c1-7-29-16-23-24(27-29)22(32-18(4)5)15-26(33-23)10-12-28(13-11-26)25(30)20-8-9-21(19(6)14-20)31-17(2)3/h8-9,14,16-18,22H,7,10-13,15H2,1-6H3. The first-order chi connectivity index (χ1) is 15.7. The molecule has 7 nitrogen and oxygen atoms in total.